The molecule has 1 aliphatic rings. The van der Waals surface area contributed by atoms with Crippen molar-refractivity contribution in [2.45, 2.75) is 26.0 Å². The van der Waals surface area contributed by atoms with Gasteiger partial charge in [-0.15, -0.1) is 11.3 Å². The van der Waals surface area contributed by atoms with Gasteiger partial charge >= 0.3 is 5.97 Å². The Kier molecular flexibility index (Phi) is 5.33. The molecule has 156 valence electrons. The van der Waals surface area contributed by atoms with E-state index in [9.17, 15) is 22.8 Å². The molecular formula is C20H15F3N2O4S. The molecule has 0 N–H and O–H groups in total. The quantitative estimate of drug-likeness (QED) is 0.567. The predicted molar refractivity (Wildman–Crippen MR) is 103 cm³/mol. The molecule has 4 rings (SSSR count). The highest BCUT2D eigenvalue weighted by Crippen LogP contribution is 2.38. The van der Waals surface area contributed by atoms with Crippen molar-refractivity contribution in [3.8, 4) is 5.75 Å². The number of nitrogens with zero attached hydrogens (tertiary/aromatic N) is 2. The van der Waals surface area contributed by atoms with Crippen LogP contribution in [0.25, 0.3) is 10.2 Å². The standard InChI is InChI=1S/C20H15F3N2O4S/c1-2-28-16(26)8-14-20(27)25(13-5-3-4-11(22)18(13)29-14)9-15-24-17-10(21)6-7-12(23)19(17)30-15/h3-7,14H,2,8-9H2,1H3. The van der Waals surface area contributed by atoms with Gasteiger partial charge in [-0.05, 0) is 31.2 Å². The number of rotatable bonds is 5. The second-order valence-corrected chi connectivity index (χ2v) is 7.53. The van der Waals surface area contributed by atoms with Crippen LogP contribution in [0.4, 0.5) is 18.9 Å². The van der Waals surface area contributed by atoms with Crippen LogP contribution in [0.15, 0.2) is 30.3 Å². The molecule has 3 aromatic rings. The fourth-order valence-corrected chi connectivity index (χ4v) is 4.14. The molecule has 0 saturated heterocycles. The number of ether oxygens (including phenoxy) is 2. The summed E-state index contributed by atoms with van der Waals surface area (Å²) in [5, 5.41) is 0.245. The molecule has 1 aliphatic heterocycles. The molecule has 6 nitrogen and oxygen atoms in total. The Bertz CT molecular complexity index is 1110. The van der Waals surface area contributed by atoms with E-state index in [0.717, 1.165) is 29.5 Å². The molecule has 1 aromatic heterocycles. The number of carbonyl (C=O) groups is 2. The lowest BCUT2D eigenvalue weighted by atomic mass is 10.1. The second-order valence-electron chi connectivity index (χ2n) is 6.44. The van der Waals surface area contributed by atoms with E-state index in [1.807, 2.05) is 0 Å². The van der Waals surface area contributed by atoms with Crippen LogP contribution < -0.4 is 9.64 Å². The summed E-state index contributed by atoms with van der Waals surface area (Å²) in [4.78, 5) is 30.1. The lowest BCUT2D eigenvalue weighted by molar-refractivity contribution is -0.147. The van der Waals surface area contributed by atoms with Crippen LogP contribution in [0.1, 0.15) is 18.4 Å². The Morgan fingerprint density at radius 2 is 1.97 bits per heavy atom. The molecule has 1 atom stereocenters. The highest BCUT2D eigenvalue weighted by molar-refractivity contribution is 7.18. The van der Waals surface area contributed by atoms with Crippen LogP contribution in [0.3, 0.4) is 0 Å². The smallest absolute Gasteiger partial charge is 0.310 e. The van der Waals surface area contributed by atoms with E-state index in [1.54, 1.807) is 6.92 Å². The number of hydrogen-bond donors (Lipinski definition) is 0. The zero-order chi connectivity index (χ0) is 21.4. The zero-order valence-corrected chi connectivity index (χ0v) is 16.5. The first-order chi connectivity index (χ1) is 14.4. The molecule has 0 fully saturated rings. The number of benzene rings is 2. The zero-order valence-electron chi connectivity index (χ0n) is 15.7. The van der Waals surface area contributed by atoms with E-state index in [0.29, 0.717) is 0 Å². The van der Waals surface area contributed by atoms with Gasteiger partial charge in [0.05, 0.1) is 30.0 Å². The molecule has 2 aromatic carbocycles. The Morgan fingerprint density at radius 1 is 1.20 bits per heavy atom. The summed E-state index contributed by atoms with van der Waals surface area (Å²) >= 11 is 0.890. The molecular weight excluding hydrogens is 421 g/mol. The molecule has 1 amide bonds. The Hall–Kier alpha value is -3.14. The van der Waals surface area contributed by atoms with Crippen LogP contribution in [0.5, 0.6) is 5.75 Å². The number of fused-ring (bicyclic) bond motifs is 2. The molecule has 2 heterocycles. The number of para-hydroxylation sites is 1. The normalized spacial score (nSPS) is 15.8. The summed E-state index contributed by atoms with van der Waals surface area (Å²) in [6.07, 6.45) is -1.70. The number of thiazole rings is 1. The first-order valence-corrected chi connectivity index (χ1v) is 9.86. The van der Waals surface area contributed by atoms with Gasteiger partial charge in [0, 0.05) is 0 Å². The van der Waals surface area contributed by atoms with Crippen molar-refractivity contribution in [3.63, 3.8) is 0 Å². The minimum Gasteiger partial charge on any atom is -0.475 e. The lowest BCUT2D eigenvalue weighted by Crippen LogP contribution is -2.46. The summed E-state index contributed by atoms with van der Waals surface area (Å²) in [7, 11) is 0. The van der Waals surface area contributed by atoms with Gasteiger partial charge in [0.25, 0.3) is 5.91 Å². The lowest BCUT2D eigenvalue weighted by Gasteiger charge is -2.33. The fraction of sp³-hybridized carbons (Fsp3) is 0.250. The van der Waals surface area contributed by atoms with Crippen LogP contribution >= 0.6 is 11.3 Å². The van der Waals surface area contributed by atoms with E-state index in [1.165, 1.54) is 17.0 Å². The third-order valence-corrected chi connectivity index (χ3v) is 5.53. The highest BCUT2D eigenvalue weighted by atomic mass is 32.1. The van der Waals surface area contributed by atoms with Crippen LogP contribution in [0, 0.1) is 17.5 Å². The molecule has 0 spiro atoms. The van der Waals surface area contributed by atoms with Gasteiger partial charge in [-0.3, -0.25) is 14.5 Å². The van der Waals surface area contributed by atoms with E-state index in [-0.39, 0.29) is 39.8 Å². The van der Waals surface area contributed by atoms with Crippen molar-refractivity contribution in [2.24, 2.45) is 0 Å². The van der Waals surface area contributed by atoms with Crippen LogP contribution in [-0.2, 0) is 20.9 Å². The summed E-state index contributed by atoms with van der Waals surface area (Å²) in [6, 6.07) is 6.02. The molecule has 10 heteroatoms. The largest absolute Gasteiger partial charge is 0.475 e. The number of hydrogen-bond acceptors (Lipinski definition) is 6. The van der Waals surface area contributed by atoms with Gasteiger partial charge in [-0.2, -0.15) is 0 Å². The Labute approximate surface area is 172 Å². The van der Waals surface area contributed by atoms with E-state index in [2.05, 4.69) is 4.98 Å². The highest BCUT2D eigenvalue weighted by Gasteiger charge is 2.38. The second kappa shape index (κ2) is 7.94. The van der Waals surface area contributed by atoms with E-state index in [4.69, 9.17) is 9.47 Å². The topological polar surface area (TPSA) is 68.7 Å². The summed E-state index contributed by atoms with van der Waals surface area (Å²) in [5.74, 6) is -3.49. The van der Waals surface area contributed by atoms with Crippen molar-refractivity contribution in [3.05, 3.63) is 52.8 Å². The number of aromatic nitrogens is 1. The fourth-order valence-electron chi connectivity index (χ4n) is 3.17. The number of amides is 1. The van der Waals surface area contributed by atoms with Gasteiger partial charge in [-0.25, -0.2) is 18.2 Å². The molecule has 1 unspecified atom stereocenters. The van der Waals surface area contributed by atoms with Gasteiger partial charge in [0.1, 0.15) is 16.3 Å². The average molecular weight is 436 g/mol. The third-order valence-electron chi connectivity index (χ3n) is 4.48. The van der Waals surface area contributed by atoms with Crippen molar-refractivity contribution < 1.29 is 32.2 Å². The van der Waals surface area contributed by atoms with E-state index >= 15 is 0 Å². The van der Waals surface area contributed by atoms with Gasteiger partial charge < -0.3 is 9.47 Å². The molecule has 0 saturated carbocycles. The summed E-state index contributed by atoms with van der Waals surface area (Å²) in [5.41, 5.74) is -0.00134. The van der Waals surface area contributed by atoms with E-state index < -0.39 is 41.9 Å². The average Bonchev–Trinajstić information content (AvgIpc) is 3.14. The van der Waals surface area contributed by atoms with Gasteiger partial charge in [0.15, 0.2) is 23.5 Å². The number of halogens is 3. The number of carbonyl (C=O) groups excluding carboxylic acids is 2. The SMILES string of the molecule is CCOC(=O)CC1Oc2c(F)cccc2N(Cc2nc3c(F)ccc(F)c3s2)C1=O. The monoisotopic (exact) mass is 436 g/mol. The van der Waals surface area contributed by atoms with Crippen molar-refractivity contribution in [1.82, 2.24) is 4.98 Å². The first-order valence-electron chi connectivity index (χ1n) is 9.04. The maximum atomic E-state index is 14.4. The van der Waals surface area contributed by atoms with Gasteiger partial charge in [0.2, 0.25) is 0 Å². The van der Waals surface area contributed by atoms with Crippen LogP contribution in [0.2, 0.25) is 0 Å². The molecule has 0 aliphatic carbocycles. The Morgan fingerprint density at radius 3 is 2.70 bits per heavy atom. The number of esters is 1. The molecule has 0 bridgehead atoms. The maximum absolute atomic E-state index is 14.4. The minimum atomic E-state index is -1.30. The van der Waals surface area contributed by atoms with Crippen molar-refractivity contribution >= 4 is 39.1 Å². The Balaban J connectivity index is 1.71. The number of anilines is 1. The van der Waals surface area contributed by atoms with Gasteiger partial charge in [-0.1, -0.05) is 6.07 Å². The predicted octanol–water partition coefficient (Wildman–Crippen LogP) is 3.96. The van der Waals surface area contributed by atoms with Crippen LogP contribution in [-0.4, -0.2) is 29.6 Å². The first kappa shape index (κ1) is 20.1. The molecule has 30 heavy (non-hydrogen) atoms. The molecule has 0 radical (unpaired) electrons. The minimum absolute atomic E-state index is 0.0215. The van der Waals surface area contributed by atoms with Crippen molar-refractivity contribution in [1.29, 1.82) is 0 Å². The maximum Gasteiger partial charge on any atom is 0.310 e. The summed E-state index contributed by atoms with van der Waals surface area (Å²) in [6.45, 7) is 1.57. The van der Waals surface area contributed by atoms with Crippen molar-refractivity contribution in [2.75, 3.05) is 11.5 Å². The third kappa shape index (κ3) is 3.58. The summed E-state index contributed by atoms with van der Waals surface area (Å²) < 4.78 is 52.7.